The van der Waals surface area contributed by atoms with Gasteiger partial charge in [-0.05, 0) is 18.6 Å². The lowest BCUT2D eigenvalue weighted by Gasteiger charge is -2.26. The van der Waals surface area contributed by atoms with E-state index >= 15 is 0 Å². The minimum Gasteiger partial charge on any atom is -0.480 e. The zero-order chi connectivity index (χ0) is 25.4. The number of para-hydroxylation sites is 1. The molecule has 3 amide bonds. The molecule has 2 rings (SSSR count). The summed E-state index contributed by atoms with van der Waals surface area (Å²) in [4.78, 5) is 52.2. The highest BCUT2D eigenvalue weighted by atomic mass is 32.1. The summed E-state index contributed by atoms with van der Waals surface area (Å²) in [6, 6.07) is 1.95. The predicted octanol–water partition coefficient (Wildman–Crippen LogP) is -2.12. The van der Waals surface area contributed by atoms with E-state index in [-0.39, 0.29) is 12.2 Å². The Balaban J connectivity index is 2.26. The zero-order valence-corrected chi connectivity index (χ0v) is 19.3. The maximum Gasteiger partial charge on any atom is 0.327 e. The van der Waals surface area contributed by atoms with Crippen molar-refractivity contribution in [2.75, 3.05) is 12.4 Å². The molecule has 0 aliphatic heterocycles. The summed E-state index contributed by atoms with van der Waals surface area (Å²) in [5.41, 5.74) is 7.05. The number of carboxylic acids is 1. The summed E-state index contributed by atoms with van der Waals surface area (Å²) >= 11 is 3.87. The molecule has 1 heterocycles. The van der Waals surface area contributed by atoms with Crippen molar-refractivity contribution in [1.82, 2.24) is 20.9 Å². The molecular formula is C21H29N5O7S. The Kier molecular flexibility index (Phi) is 9.86. The van der Waals surface area contributed by atoms with E-state index in [0.29, 0.717) is 5.56 Å². The number of hydrogen-bond acceptors (Lipinski definition) is 8. The molecule has 0 aliphatic rings. The smallest absolute Gasteiger partial charge is 0.327 e. The lowest BCUT2D eigenvalue weighted by Crippen LogP contribution is -2.60. The van der Waals surface area contributed by atoms with Crippen molar-refractivity contribution in [3.63, 3.8) is 0 Å². The number of nitrogens with two attached hydrogens (primary N) is 1. The largest absolute Gasteiger partial charge is 0.480 e. The second kappa shape index (κ2) is 12.4. The summed E-state index contributed by atoms with van der Waals surface area (Å²) in [5, 5.41) is 36.2. The van der Waals surface area contributed by atoms with E-state index in [1.165, 1.54) is 6.92 Å². The van der Waals surface area contributed by atoms with Gasteiger partial charge in [-0.2, -0.15) is 12.6 Å². The van der Waals surface area contributed by atoms with Crippen molar-refractivity contribution in [2.45, 2.75) is 43.6 Å². The number of nitrogens with one attached hydrogen (secondary N) is 4. The molecule has 1 aromatic heterocycles. The molecule has 0 saturated heterocycles. The number of aromatic nitrogens is 1. The van der Waals surface area contributed by atoms with Crippen LogP contribution in [0.3, 0.4) is 0 Å². The van der Waals surface area contributed by atoms with Crippen LogP contribution in [0.25, 0.3) is 10.9 Å². The van der Waals surface area contributed by atoms with E-state index in [2.05, 4.69) is 33.6 Å². The van der Waals surface area contributed by atoms with E-state index in [9.17, 15) is 24.3 Å². The highest BCUT2D eigenvalue weighted by Crippen LogP contribution is 2.19. The van der Waals surface area contributed by atoms with E-state index in [1.54, 1.807) is 6.20 Å². The van der Waals surface area contributed by atoms with Crippen molar-refractivity contribution in [3.8, 4) is 0 Å². The molecule has 0 aliphatic carbocycles. The number of aromatic amines is 1. The fourth-order valence-electron chi connectivity index (χ4n) is 3.20. The highest BCUT2D eigenvalue weighted by Gasteiger charge is 2.32. The Morgan fingerprint density at radius 3 is 2.29 bits per heavy atom. The quantitative estimate of drug-likeness (QED) is 0.148. The van der Waals surface area contributed by atoms with Crippen LogP contribution < -0.4 is 21.7 Å². The Bertz CT molecular complexity index is 1030. The third kappa shape index (κ3) is 6.93. The molecule has 186 valence electrons. The van der Waals surface area contributed by atoms with Crippen LogP contribution in [0, 0.1) is 0 Å². The van der Waals surface area contributed by atoms with Gasteiger partial charge in [-0.25, -0.2) is 4.79 Å². The molecule has 0 spiro atoms. The van der Waals surface area contributed by atoms with Crippen LogP contribution >= 0.6 is 12.6 Å². The molecule has 13 heteroatoms. The van der Waals surface area contributed by atoms with Crippen LogP contribution in [0.5, 0.6) is 0 Å². The van der Waals surface area contributed by atoms with E-state index in [0.717, 1.165) is 10.9 Å². The first-order valence-corrected chi connectivity index (χ1v) is 11.1. The number of amides is 3. The molecule has 34 heavy (non-hydrogen) atoms. The first-order valence-electron chi connectivity index (χ1n) is 10.4. The molecule has 9 N–H and O–H groups in total. The van der Waals surface area contributed by atoms with E-state index in [4.69, 9.17) is 15.9 Å². The number of benzene rings is 1. The SMILES string of the molecule is CC(O)C(NC(=O)C(Cc1c[nH]c2ccccc12)NC(=O)C(N)CO)C(=O)NC(CS)C(=O)O. The second-order valence-corrected chi connectivity index (χ2v) is 8.09. The third-order valence-corrected chi connectivity index (χ3v) is 5.49. The van der Waals surface area contributed by atoms with Gasteiger partial charge in [-0.15, -0.1) is 0 Å². The van der Waals surface area contributed by atoms with Crippen LogP contribution in [0.1, 0.15) is 12.5 Å². The van der Waals surface area contributed by atoms with Gasteiger partial charge >= 0.3 is 5.97 Å². The Labute approximate surface area is 200 Å². The number of carbonyl (C=O) groups excluding carboxylic acids is 3. The van der Waals surface area contributed by atoms with Gasteiger partial charge in [-0.1, -0.05) is 18.2 Å². The number of hydrogen-bond donors (Lipinski definition) is 9. The maximum atomic E-state index is 13.1. The molecule has 2 aromatic rings. The first-order chi connectivity index (χ1) is 16.1. The van der Waals surface area contributed by atoms with Gasteiger partial charge < -0.3 is 42.0 Å². The van der Waals surface area contributed by atoms with Gasteiger partial charge in [0.15, 0.2) is 0 Å². The summed E-state index contributed by atoms with van der Waals surface area (Å²) in [5.74, 6) is -4.08. The van der Waals surface area contributed by atoms with Gasteiger partial charge in [0.2, 0.25) is 17.7 Å². The molecule has 5 unspecified atom stereocenters. The Morgan fingerprint density at radius 1 is 1.06 bits per heavy atom. The molecule has 12 nitrogen and oxygen atoms in total. The first kappa shape index (κ1) is 27.1. The minimum atomic E-state index is -1.51. The summed E-state index contributed by atoms with van der Waals surface area (Å²) < 4.78 is 0. The van der Waals surface area contributed by atoms with Crippen molar-refractivity contribution >= 4 is 47.2 Å². The summed E-state index contributed by atoms with van der Waals surface area (Å²) in [6.45, 7) is 0.599. The Morgan fingerprint density at radius 2 is 1.71 bits per heavy atom. The van der Waals surface area contributed by atoms with Crippen LogP contribution in [0.4, 0.5) is 0 Å². The maximum absolute atomic E-state index is 13.1. The van der Waals surface area contributed by atoms with Crippen LogP contribution in [-0.4, -0.2) is 86.6 Å². The number of fused-ring (bicyclic) bond motifs is 1. The molecule has 0 saturated carbocycles. The van der Waals surface area contributed by atoms with E-state index < -0.39 is 60.6 Å². The molecule has 0 bridgehead atoms. The number of aliphatic hydroxyl groups excluding tert-OH is 2. The van der Waals surface area contributed by atoms with Gasteiger partial charge in [0.25, 0.3) is 0 Å². The van der Waals surface area contributed by atoms with Crippen LogP contribution in [-0.2, 0) is 25.6 Å². The topological polar surface area (TPSA) is 207 Å². The second-order valence-electron chi connectivity index (χ2n) is 7.72. The predicted molar refractivity (Wildman–Crippen MR) is 126 cm³/mol. The van der Waals surface area contributed by atoms with Gasteiger partial charge in [0, 0.05) is 29.3 Å². The fraction of sp³-hybridized carbons (Fsp3) is 0.429. The number of thiol groups is 1. The average molecular weight is 496 g/mol. The van der Waals surface area contributed by atoms with Gasteiger partial charge in [0.05, 0.1) is 12.7 Å². The van der Waals surface area contributed by atoms with Crippen molar-refractivity contribution in [3.05, 3.63) is 36.0 Å². The number of aliphatic hydroxyl groups is 2. The van der Waals surface area contributed by atoms with Gasteiger partial charge in [-0.3, -0.25) is 14.4 Å². The van der Waals surface area contributed by atoms with Crippen LogP contribution in [0.15, 0.2) is 30.5 Å². The standard InChI is InChI=1S/C21H29N5O7S/c1-10(28)17(20(31)25-16(9-34)21(32)33)26-19(30)15(24-18(29)13(22)8-27)6-11-7-23-14-5-3-2-4-12(11)14/h2-5,7,10,13,15-17,23,27-28,34H,6,8-9,22H2,1H3,(H,24,29)(H,25,31)(H,26,30)(H,32,33). The average Bonchev–Trinajstić information content (AvgIpc) is 3.21. The number of carboxylic acid groups (broad SMARTS) is 1. The Hall–Kier alpha value is -3.13. The molecule has 1 aromatic carbocycles. The summed E-state index contributed by atoms with van der Waals surface area (Å²) in [6.07, 6.45) is 0.288. The number of aliphatic carboxylic acids is 1. The van der Waals surface area contributed by atoms with Crippen molar-refractivity contribution in [2.24, 2.45) is 5.73 Å². The monoisotopic (exact) mass is 495 g/mol. The van der Waals surface area contributed by atoms with Crippen molar-refractivity contribution < 1.29 is 34.5 Å². The van der Waals surface area contributed by atoms with Crippen LogP contribution in [0.2, 0.25) is 0 Å². The number of carbonyl (C=O) groups is 4. The van der Waals surface area contributed by atoms with Crippen molar-refractivity contribution in [1.29, 1.82) is 0 Å². The number of H-pyrrole nitrogens is 1. The lowest BCUT2D eigenvalue weighted by atomic mass is 10.0. The molecule has 5 atom stereocenters. The lowest BCUT2D eigenvalue weighted by molar-refractivity contribution is -0.142. The highest BCUT2D eigenvalue weighted by molar-refractivity contribution is 7.80. The molecular weight excluding hydrogens is 466 g/mol. The normalized spacial score (nSPS) is 15.6. The number of rotatable bonds is 12. The summed E-state index contributed by atoms with van der Waals surface area (Å²) in [7, 11) is 0. The third-order valence-electron chi connectivity index (χ3n) is 5.13. The fourth-order valence-corrected chi connectivity index (χ4v) is 3.44. The zero-order valence-electron chi connectivity index (χ0n) is 18.4. The molecule has 0 fully saturated rings. The minimum absolute atomic E-state index is 0.00226. The van der Waals surface area contributed by atoms with Gasteiger partial charge in [0.1, 0.15) is 24.2 Å². The molecule has 0 radical (unpaired) electrons. The van der Waals surface area contributed by atoms with E-state index in [1.807, 2.05) is 24.3 Å².